The Bertz CT molecular complexity index is 524. The van der Waals surface area contributed by atoms with Gasteiger partial charge in [0, 0.05) is 31.5 Å². The molecule has 0 spiro atoms. The molecule has 1 aliphatic heterocycles. The standard InChI is InChI=1S/C17H25N3O3/c1-13(23-2)16(21)19-15-7-5-14(6-8-15)17(22)18-9-12-20-10-3-4-11-20/h5-8,13H,3-4,9-12H2,1-2H3,(H,18,22)(H,19,21)/t13-/m0/s1. The van der Waals surface area contributed by atoms with Gasteiger partial charge in [-0.05, 0) is 57.1 Å². The molecule has 2 N–H and O–H groups in total. The van der Waals surface area contributed by atoms with E-state index < -0.39 is 6.10 Å². The molecule has 1 saturated heterocycles. The lowest BCUT2D eigenvalue weighted by molar-refractivity contribution is -0.124. The Balaban J connectivity index is 1.78. The summed E-state index contributed by atoms with van der Waals surface area (Å²) in [6.45, 7) is 5.49. The minimum absolute atomic E-state index is 0.0904. The smallest absolute Gasteiger partial charge is 0.253 e. The first kappa shape index (κ1) is 17.4. The third kappa shape index (κ3) is 5.33. The van der Waals surface area contributed by atoms with Crippen LogP contribution in [0.5, 0.6) is 0 Å². The van der Waals surface area contributed by atoms with E-state index in [4.69, 9.17) is 4.74 Å². The minimum Gasteiger partial charge on any atom is -0.372 e. The van der Waals surface area contributed by atoms with E-state index in [2.05, 4.69) is 15.5 Å². The largest absolute Gasteiger partial charge is 0.372 e. The molecule has 6 nitrogen and oxygen atoms in total. The molecule has 0 saturated carbocycles. The number of nitrogens with one attached hydrogen (secondary N) is 2. The maximum atomic E-state index is 12.1. The average molecular weight is 319 g/mol. The summed E-state index contributed by atoms with van der Waals surface area (Å²) >= 11 is 0. The Kier molecular flexibility index (Phi) is 6.55. The molecule has 2 amide bonds. The maximum Gasteiger partial charge on any atom is 0.253 e. The highest BCUT2D eigenvalue weighted by atomic mass is 16.5. The van der Waals surface area contributed by atoms with E-state index in [0.717, 1.165) is 19.6 Å². The molecule has 0 unspecified atom stereocenters. The molecule has 0 radical (unpaired) electrons. The van der Waals surface area contributed by atoms with E-state index in [1.165, 1.54) is 20.0 Å². The number of benzene rings is 1. The van der Waals surface area contributed by atoms with Crippen molar-refractivity contribution in [2.24, 2.45) is 0 Å². The lowest BCUT2D eigenvalue weighted by atomic mass is 10.2. The molecular weight excluding hydrogens is 294 g/mol. The molecule has 1 aromatic carbocycles. The summed E-state index contributed by atoms with van der Waals surface area (Å²) in [5, 5.41) is 5.66. The Labute approximate surface area is 137 Å². The molecule has 0 bridgehead atoms. The van der Waals surface area contributed by atoms with Gasteiger partial charge < -0.3 is 20.3 Å². The van der Waals surface area contributed by atoms with E-state index >= 15 is 0 Å². The number of rotatable bonds is 7. The molecule has 1 fully saturated rings. The fraction of sp³-hybridized carbons (Fsp3) is 0.529. The number of likely N-dealkylation sites (tertiary alicyclic amines) is 1. The lowest BCUT2D eigenvalue weighted by Crippen LogP contribution is -2.33. The van der Waals surface area contributed by atoms with Gasteiger partial charge in [-0.15, -0.1) is 0 Å². The number of amides is 2. The summed E-state index contributed by atoms with van der Waals surface area (Å²) in [6, 6.07) is 6.85. The Morgan fingerprint density at radius 2 is 1.87 bits per heavy atom. The highest BCUT2D eigenvalue weighted by Gasteiger charge is 2.13. The van der Waals surface area contributed by atoms with Crippen LogP contribution in [0.2, 0.25) is 0 Å². The first-order valence-corrected chi connectivity index (χ1v) is 8.04. The number of hydrogen-bond acceptors (Lipinski definition) is 4. The van der Waals surface area contributed by atoms with Crippen molar-refractivity contribution in [1.29, 1.82) is 0 Å². The second-order valence-electron chi connectivity index (χ2n) is 5.75. The van der Waals surface area contributed by atoms with Crippen LogP contribution in [0.1, 0.15) is 30.1 Å². The molecule has 0 aromatic heterocycles. The minimum atomic E-state index is -0.511. The van der Waals surface area contributed by atoms with Gasteiger partial charge in [0.05, 0.1) is 0 Å². The van der Waals surface area contributed by atoms with Gasteiger partial charge in [0.2, 0.25) is 0 Å². The highest BCUT2D eigenvalue weighted by molar-refractivity contribution is 5.96. The Morgan fingerprint density at radius 1 is 1.22 bits per heavy atom. The fourth-order valence-corrected chi connectivity index (χ4v) is 2.49. The van der Waals surface area contributed by atoms with E-state index in [9.17, 15) is 9.59 Å². The summed E-state index contributed by atoms with van der Waals surface area (Å²) in [4.78, 5) is 26.1. The van der Waals surface area contributed by atoms with Gasteiger partial charge in [-0.2, -0.15) is 0 Å². The number of methoxy groups -OCH3 is 1. The summed E-state index contributed by atoms with van der Waals surface area (Å²) in [6.07, 6.45) is 1.99. The lowest BCUT2D eigenvalue weighted by Gasteiger charge is -2.15. The molecule has 1 atom stereocenters. The number of anilines is 1. The zero-order valence-electron chi connectivity index (χ0n) is 13.8. The Hall–Kier alpha value is -1.92. The van der Waals surface area contributed by atoms with Crippen LogP contribution in [0.25, 0.3) is 0 Å². The number of hydrogen-bond donors (Lipinski definition) is 2. The first-order valence-electron chi connectivity index (χ1n) is 8.04. The second kappa shape index (κ2) is 8.64. The first-order chi connectivity index (χ1) is 11.1. The highest BCUT2D eigenvalue weighted by Crippen LogP contribution is 2.10. The molecule has 2 rings (SSSR count). The van der Waals surface area contributed by atoms with Crippen molar-refractivity contribution >= 4 is 17.5 Å². The van der Waals surface area contributed by atoms with E-state index in [1.54, 1.807) is 31.2 Å². The van der Waals surface area contributed by atoms with Crippen molar-refractivity contribution in [3.63, 3.8) is 0 Å². The average Bonchev–Trinajstić information content (AvgIpc) is 3.08. The van der Waals surface area contributed by atoms with Gasteiger partial charge >= 0.3 is 0 Å². The van der Waals surface area contributed by atoms with Crippen molar-refractivity contribution in [2.75, 3.05) is 38.6 Å². The Morgan fingerprint density at radius 3 is 2.48 bits per heavy atom. The van der Waals surface area contributed by atoms with Crippen molar-refractivity contribution < 1.29 is 14.3 Å². The van der Waals surface area contributed by atoms with E-state index in [1.807, 2.05) is 0 Å². The van der Waals surface area contributed by atoms with Gasteiger partial charge in [-0.1, -0.05) is 0 Å². The molecule has 1 aliphatic rings. The molecule has 23 heavy (non-hydrogen) atoms. The quantitative estimate of drug-likeness (QED) is 0.799. The van der Waals surface area contributed by atoms with Crippen LogP contribution in [-0.2, 0) is 9.53 Å². The predicted molar refractivity (Wildman–Crippen MR) is 89.5 cm³/mol. The van der Waals surface area contributed by atoms with Crippen molar-refractivity contribution in [2.45, 2.75) is 25.9 Å². The topological polar surface area (TPSA) is 70.7 Å². The van der Waals surface area contributed by atoms with Gasteiger partial charge in [0.1, 0.15) is 6.10 Å². The summed E-state index contributed by atoms with van der Waals surface area (Å²) in [7, 11) is 1.49. The third-order valence-corrected chi connectivity index (χ3v) is 4.05. The molecule has 126 valence electrons. The van der Waals surface area contributed by atoms with Crippen LogP contribution in [0.3, 0.4) is 0 Å². The molecule has 1 aromatic rings. The SMILES string of the molecule is CO[C@@H](C)C(=O)Nc1ccc(C(=O)NCCN2CCCC2)cc1. The van der Waals surface area contributed by atoms with Gasteiger partial charge in [-0.3, -0.25) is 9.59 Å². The van der Waals surface area contributed by atoms with Crippen LogP contribution in [0.15, 0.2) is 24.3 Å². The van der Waals surface area contributed by atoms with Crippen LogP contribution >= 0.6 is 0 Å². The van der Waals surface area contributed by atoms with Crippen molar-refractivity contribution in [3.8, 4) is 0 Å². The number of nitrogens with zero attached hydrogens (tertiary/aromatic N) is 1. The van der Waals surface area contributed by atoms with Crippen molar-refractivity contribution in [1.82, 2.24) is 10.2 Å². The third-order valence-electron chi connectivity index (χ3n) is 4.05. The van der Waals surface area contributed by atoms with Crippen LogP contribution in [0.4, 0.5) is 5.69 Å². The van der Waals surface area contributed by atoms with Crippen LogP contribution in [0, 0.1) is 0 Å². The fourth-order valence-electron chi connectivity index (χ4n) is 2.49. The molecule has 6 heteroatoms. The normalized spacial score (nSPS) is 16.1. The summed E-state index contributed by atoms with van der Waals surface area (Å²) in [5.41, 5.74) is 1.23. The van der Waals surface area contributed by atoms with Gasteiger partial charge in [0.15, 0.2) is 0 Å². The van der Waals surface area contributed by atoms with E-state index in [0.29, 0.717) is 17.8 Å². The van der Waals surface area contributed by atoms with E-state index in [-0.39, 0.29) is 11.8 Å². The second-order valence-corrected chi connectivity index (χ2v) is 5.75. The monoisotopic (exact) mass is 319 g/mol. The summed E-state index contributed by atoms with van der Waals surface area (Å²) < 4.78 is 4.95. The number of ether oxygens (including phenoxy) is 1. The number of carbonyl (C=O) groups is 2. The molecule has 1 heterocycles. The predicted octanol–water partition coefficient (Wildman–Crippen LogP) is 1.49. The van der Waals surface area contributed by atoms with Crippen LogP contribution < -0.4 is 10.6 Å². The molecular formula is C17H25N3O3. The summed E-state index contributed by atoms with van der Waals surface area (Å²) in [5.74, 6) is -0.303. The zero-order valence-corrected chi connectivity index (χ0v) is 13.8. The van der Waals surface area contributed by atoms with Gasteiger partial charge in [-0.25, -0.2) is 0 Å². The maximum absolute atomic E-state index is 12.1. The zero-order chi connectivity index (χ0) is 16.7. The van der Waals surface area contributed by atoms with Gasteiger partial charge in [0.25, 0.3) is 11.8 Å². The molecule has 0 aliphatic carbocycles. The van der Waals surface area contributed by atoms with Crippen molar-refractivity contribution in [3.05, 3.63) is 29.8 Å². The number of carbonyl (C=O) groups excluding carboxylic acids is 2. The van der Waals surface area contributed by atoms with Crippen LogP contribution in [-0.4, -0.2) is 56.1 Å².